The van der Waals surface area contributed by atoms with Crippen LogP contribution in [0, 0.1) is 24.2 Å². The van der Waals surface area contributed by atoms with E-state index < -0.39 is 0 Å². The number of para-hydroxylation sites is 1. The number of aryl methyl sites for hydroxylation is 1. The zero-order chi connectivity index (χ0) is 12.4. The molecule has 1 fully saturated rings. The maximum atomic E-state index is 9.29. The van der Waals surface area contributed by atoms with E-state index in [1.54, 1.807) is 0 Å². The van der Waals surface area contributed by atoms with Crippen molar-refractivity contribution in [3.8, 4) is 6.07 Å². The predicted molar refractivity (Wildman–Crippen MR) is 67.9 cm³/mol. The van der Waals surface area contributed by atoms with E-state index in [-0.39, 0.29) is 6.10 Å². The Balaban J connectivity index is 2.13. The topological polar surface area (TPSA) is 47.3 Å². The van der Waals surface area contributed by atoms with Crippen molar-refractivity contribution < 1.29 is 5.11 Å². The molecule has 0 saturated heterocycles. The lowest BCUT2D eigenvalue weighted by molar-refractivity contribution is 0.0465. The largest absolute Gasteiger partial charge is 0.393 e. The Hall–Kier alpha value is -1.53. The van der Waals surface area contributed by atoms with Gasteiger partial charge in [0, 0.05) is 13.6 Å². The van der Waals surface area contributed by atoms with E-state index in [9.17, 15) is 5.11 Å². The highest BCUT2D eigenvalue weighted by molar-refractivity contribution is 5.63. The fraction of sp³-hybridized carbons (Fsp3) is 0.500. The molecule has 0 unspecified atom stereocenters. The Morgan fingerprint density at radius 1 is 1.47 bits per heavy atom. The van der Waals surface area contributed by atoms with Gasteiger partial charge in [-0.15, -0.1) is 0 Å². The first kappa shape index (κ1) is 11.9. The molecule has 0 aliphatic heterocycles. The molecule has 3 nitrogen and oxygen atoms in total. The molecule has 90 valence electrons. The lowest BCUT2D eigenvalue weighted by Gasteiger charge is -2.35. The van der Waals surface area contributed by atoms with Crippen molar-refractivity contribution in [2.45, 2.75) is 25.9 Å². The van der Waals surface area contributed by atoms with Crippen LogP contribution in [0.15, 0.2) is 18.2 Å². The minimum absolute atomic E-state index is 0.110. The van der Waals surface area contributed by atoms with Gasteiger partial charge in [-0.1, -0.05) is 12.1 Å². The first-order valence-corrected chi connectivity index (χ1v) is 6.00. The molecule has 1 saturated carbocycles. The maximum absolute atomic E-state index is 9.29. The average molecular weight is 230 g/mol. The SMILES string of the molecule is Cc1cccc(C#N)c1N(C)CC1CC(O)C1. The molecule has 0 amide bonds. The molecule has 2 rings (SSSR count). The Kier molecular flexibility index (Phi) is 3.35. The lowest BCUT2D eigenvalue weighted by Crippen LogP contribution is -2.37. The van der Waals surface area contributed by atoms with Crippen LogP contribution in [0.5, 0.6) is 0 Å². The van der Waals surface area contributed by atoms with E-state index >= 15 is 0 Å². The molecule has 1 aromatic rings. The smallest absolute Gasteiger partial charge is 0.101 e. The predicted octanol–water partition coefficient (Wildman–Crippen LogP) is 2.07. The monoisotopic (exact) mass is 230 g/mol. The molecule has 0 radical (unpaired) electrons. The lowest BCUT2D eigenvalue weighted by atomic mass is 9.82. The maximum Gasteiger partial charge on any atom is 0.101 e. The number of anilines is 1. The van der Waals surface area contributed by atoms with Gasteiger partial charge in [0.15, 0.2) is 0 Å². The van der Waals surface area contributed by atoms with Gasteiger partial charge in [-0.05, 0) is 37.3 Å². The number of rotatable bonds is 3. The fourth-order valence-corrected chi connectivity index (χ4v) is 2.58. The van der Waals surface area contributed by atoms with Crippen LogP contribution >= 0.6 is 0 Å². The van der Waals surface area contributed by atoms with E-state index in [1.807, 2.05) is 32.2 Å². The standard InChI is InChI=1S/C14H18N2O/c1-10-4-3-5-12(8-15)14(10)16(2)9-11-6-13(17)7-11/h3-5,11,13,17H,6-7,9H2,1-2H3. The number of nitriles is 1. The van der Waals surface area contributed by atoms with Crippen LogP contribution < -0.4 is 4.90 Å². The van der Waals surface area contributed by atoms with Crippen molar-refractivity contribution >= 4 is 5.69 Å². The first-order valence-electron chi connectivity index (χ1n) is 6.00. The third-order valence-electron chi connectivity index (χ3n) is 3.48. The highest BCUT2D eigenvalue weighted by Gasteiger charge is 2.28. The van der Waals surface area contributed by atoms with Gasteiger partial charge in [-0.3, -0.25) is 0 Å². The molecular weight excluding hydrogens is 212 g/mol. The highest BCUT2D eigenvalue weighted by atomic mass is 16.3. The van der Waals surface area contributed by atoms with Crippen molar-refractivity contribution in [2.75, 3.05) is 18.5 Å². The third-order valence-corrected chi connectivity index (χ3v) is 3.48. The first-order chi connectivity index (χ1) is 8.11. The van der Waals surface area contributed by atoms with Gasteiger partial charge >= 0.3 is 0 Å². The van der Waals surface area contributed by atoms with E-state index in [2.05, 4.69) is 11.0 Å². The molecule has 17 heavy (non-hydrogen) atoms. The van der Waals surface area contributed by atoms with Crippen LogP contribution in [0.1, 0.15) is 24.0 Å². The Labute approximate surface area is 102 Å². The number of aliphatic hydroxyl groups excluding tert-OH is 1. The molecule has 3 heteroatoms. The molecule has 0 heterocycles. The van der Waals surface area contributed by atoms with Gasteiger partial charge in [-0.2, -0.15) is 5.26 Å². The van der Waals surface area contributed by atoms with Crippen LogP contribution in [0.3, 0.4) is 0 Å². The van der Waals surface area contributed by atoms with E-state index in [0.29, 0.717) is 5.92 Å². The van der Waals surface area contributed by atoms with Crippen molar-refractivity contribution in [1.82, 2.24) is 0 Å². The van der Waals surface area contributed by atoms with Crippen LogP contribution in [0.4, 0.5) is 5.69 Å². The molecule has 1 aliphatic carbocycles. The van der Waals surface area contributed by atoms with Gasteiger partial charge in [-0.25, -0.2) is 0 Å². The van der Waals surface area contributed by atoms with Crippen LogP contribution in [-0.4, -0.2) is 24.8 Å². The summed E-state index contributed by atoms with van der Waals surface area (Å²) < 4.78 is 0. The summed E-state index contributed by atoms with van der Waals surface area (Å²) in [6.07, 6.45) is 1.66. The Morgan fingerprint density at radius 2 is 2.18 bits per heavy atom. The van der Waals surface area contributed by atoms with Crippen molar-refractivity contribution in [3.63, 3.8) is 0 Å². The third kappa shape index (κ3) is 2.42. The van der Waals surface area contributed by atoms with E-state index in [4.69, 9.17) is 5.26 Å². The summed E-state index contributed by atoms with van der Waals surface area (Å²) in [6, 6.07) is 8.04. The highest BCUT2D eigenvalue weighted by Crippen LogP contribution is 2.31. The molecule has 1 aromatic carbocycles. The Bertz CT molecular complexity index is 444. The molecular formula is C14H18N2O. The van der Waals surface area contributed by atoms with Gasteiger partial charge in [0.2, 0.25) is 0 Å². The summed E-state index contributed by atoms with van der Waals surface area (Å²) in [4.78, 5) is 2.14. The second kappa shape index (κ2) is 4.77. The molecule has 0 spiro atoms. The second-order valence-corrected chi connectivity index (χ2v) is 4.95. The second-order valence-electron chi connectivity index (χ2n) is 4.95. The molecule has 1 N–H and O–H groups in total. The number of nitrogens with zero attached hydrogens (tertiary/aromatic N) is 2. The minimum atomic E-state index is -0.110. The number of hydrogen-bond acceptors (Lipinski definition) is 3. The molecule has 0 atom stereocenters. The van der Waals surface area contributed by atoms with E-state index in [0.717, 1.165) is 36.2 Å². The minimum Gasteiger partial charge on any atom is -0.393 e. The average Bonchev–Trinajstić information content (AvgIpc) is 2.26. The summed E-state index contributed by atoms with van der Waals surface area (Å²) in [7, 11) is 2.02. The van der Waals surface area contributed by atoms with Gasteiger partial charge in [0.05, 0.1) is 17.4 Å². The zero-order valence-corrected chi connectivity index (χ0v) is 10.3. The summed E-state index contributed by atoms with van der Waals surface area (Å²) in [6.45, 7) is 2.94. The van der Waals surface area contributed by atoms with Gasteiger partial charge in [0.1, 0.15) is 6.07 Å². The fourth-order valence-electron chi connectivity index (χ4n) is 2.58. The van der Waals surface area contributed by atoms with Crippen molar-refractivity contribution in [2.24, 2.45) is 5.92 Å². The van der Waals surface area contributed by atoms with E-state index in [1.165, 1.54) is 0 Å². The van der Waals surface area contributed by atoms with Crippen molar-refractivity contribution in [3.05, 3.63) is 29.3 Å². The van der Waals surface area contributed by atoms with Crippen LogP contribution in [0.2, 0.25) is 0 Å². The van der Waals surface area contributed by atoms with Gasteiger partial charge in [0.25, 0.3) is 0 Å². The zero-order valence-electron chi connectivity index (χ0n) is 10.3. The Morgan fingerprint density at radius 3 is 2.76 bits per heavy atom. The number of benzene rings is 1. The van der Waals surface area contributed by atoms with Crippen LogP contribution in [0.25, 0.3) is 0 Å². The van der Waals surface area contributed by atoms with Crippen LogP contribution in [-0.2, 0) is 0 Å². The van der Waals surface area contributed by atoms with Gasteiger partial charge < -0.3 is 10.0 Å². The molecule has 0 aromatic heterocycles. The summed E-state index contributed by atoms with van der Waals surface area (Å²) in [5.41, 5.74) is 2.88. The number of aliphatic hydroxyl groups is 1. The summed E-state index contributed by atoms with van der Waals surface area (Å²) in [5.74, 6) is 0.557. The molecule has 1 aliphatic rings. The number of hydrogen-bond donors (Lipinski definition) is 1. The summed E-state index contributed by atoms with van der Waals surface area (Å²) in [5, 5.41) is 18.4. The molecule has 0 bridgehead atoms. The van der Waals surface area contributed by atoms with Crippen molar-refractivity contribution in [1.29, 1.82) is 5.26 Å². The quantitative estimate of drug-likeness (QED) is 0.864. The normalized spacial score (nSPS) is 22.7. The summed E-state index contributed by atoms with van der Waals surface area (Å²) >= 11 is 0.